The van der Waals surface area contributed by atoms with Crippen molar-refractivity contribution in [1.29, 1.82) is 0 Å². The SMILES string of the molecule is O=C(O)C1CC(O)CN1C(=O)CC1CNc2ccccc21. The van der Waals surface area contributed by atoms with Crippen molar-refractivity contribution in [3.05, 3.63) is 29.8 Å². The summed E-state index contributed by atoms with van der Waals surface area (Å²) in [5, 5.41) is 22.0. The van der Waals surface area contributed by atoms with E-state index in [9.17, 15) is 14.7 Å². The average Bonchev–Trinajstić information content (AvgIpc) is 3.03. The summed E-state index contributed by atoms with van der Waals surface area (Å²) in [5.74, 6) is -1.20. The van der Waals surface area contributed by atoms with Gasteiger partial charge >= 0.3 is 5.97 Å². The van der Waals surface area contributed by atoms with Gasteiger partial charge in [-0.1, -0.05) is 18.2 Å². The lowest BCUT2D eigenvalue weighted by Gasteiger charge is -2.22. The first-order valence-electron chi connectivity index (χ1n) is 7.09. The second kappa shape index (κ2) is 5.37. The number of carboxylic acids is 1. The molecule has 3 rings (SSSR count). The molecule has 0 radical (unpaired) electrons. The van der Waals surface area contributed by atoms with Crippen molar-refractivity contribution in [3.8, 4) is 0 Å². The molecule has 0 saturated carbocycles. The molecule has 0 aromatic heterocycles. The van der Waals surface area contributed by atoms with Gasteiger partial charge in [-0.3, -0.25) is 4.79 Å². The van der Waals surface area contributed by atoms with Gasteiger partial charge in [-0.05, 0) is 11.6 Å². The van der Waals surface area contributed by atoms with Gasteiger partial charge in [-0.15, -0.1) is 0 Å². The highest BCUT2D eigenvalue weighted by molar-refractivity contribution is 5.85. The standard InChI is InChI=1S/C15H18N2O4/c18-10-6-13(15(20)21)17(8-10)14(19)5-9-7-16-12-4-2-1-3-11(9)12/h1-4,9-10,13,16,18H,5-8H2,(H,20,21). The number of hydrogen-bond acceptors (Lipinski definition) is 4. The van der Waals surface area contributed by atoms with E-state index in [1.165, 1.54) is 4.90 Å². The van der Waals surface area contributed by atoms with Crippen molar-refractivity contribution in [2.75, 3.05) is 18.4 Å². The van der Waals surface area contributed by atoms with Crippen LogP contribution in [0.3, 0.4) is 0 Å². The maximum atomic E-state index is 12.4. The molecule has 0 bridgehead atoms. The first kappa shape index (κ1) is 13.9. The van der Waals surface area contributed by atoms with E-state index in [4.69, 9.17) is 5.11 Å². The molecule has 6 heteroatoms. The van der Waals surface area contributed by atoms with E-state index in [0.717, 1.165) is 11.3 Å². The maximum Gasteiger partial charge on any atom is 0.326 e. The lowest BCUT2D eigenvalue weighted by Crippen LogP contribution is -2.41. The first-order valence-corrected chi connectivity index (χ1v) is 7.09. The summed E-state index contributed by atoms with van der Waals surface area (Å²) in [7, 11) is 0. The summed E-state index contributed by atoms with van der Waals surface area (Å²) in [6.45, 7) is 0.789. The average molecular weight is 290 g/mol. The molecule has 3 unspecified atom stereocenters. The number of aliphatic hydroxyl groups excluding tert-OH is 1. The zero-order chi connectivity index (χ0) is 15.0. The number of carbonyl (C=O) groups is 2. The Morgan fingerprint density at radius 3 is 2.86 bits per heavy atom. The number of nitrogens with zero attached hydrogens (tertiary/aromatic N) is 1. The number of rotatable bonds is 3. The van der Waals surface area contributed by atoms with Crippen molar-refractivity contribution in [2.24, 2.45) is 0 Å². The van der Waals surface area contributed by atoms with Crippen molar-refractivity contribution >= 4 is 17.6 Å². The minimum atomic E-state index is -1.05. The fraction of sp³-hybridized carbons (Fsp3) is 0.467. The molecule has 0 spiro atoms. The first-order chi connectivity index (χ1) is 10.1. The summed E-state index contributed by atoms with van der Waals surface area (Å²) in [6.07, 6.45) is -0.370. The van der Waals surface area contributed by atoms with Gasteiger partial charge in [-0.2, -0.15) is 0 Å². The lowest BCUT2D eigenvalue weighted by molar-refractivity contribution is -0.148. The largest absolute Gasteiger partial charge is 0.480 e. The predicted molar refractivity (Wildman–Crippen MR) is 76.1 cm³/mol. The monoisotopic (exact) mass is 290 g/mol. The van der Waals surface area contributed by atoms with E-state index in [1.54, 1.807) is 0 Å². The highest BCUT2D eigenvalue weighted by atomic mass is 16.4. The molecule has 1 saturated heterocycles. The Morgan fingerprint density at radius 1 is 1.33 bits per heavy atom. The molecule has 2 aliphatic heterocycles. The van der Waals surface area contributed by atoms with E-state index in [1.807, 2.05) is 24.3 Å². The quantitative estimate of drug-likeness (QED) is 0.760. The summed E-state index contributed by atoms with van der Waals surface area (Å²) in [5.41, 5.74) is 2.13. The van der Waals surface area contributed by atoms with E-state index in [-0.39, 0.29) is 31.2 Å². The topological polar surface area (TPSA) is 89.9 Å². The van der Waals surface area contributed by atoms with Gasteiger partial charge in [0.05, 0.1) is 6.10 Å². The number of fused-ring (bicyclic) bond motifs is 1. The number of carbonyl (C=O) groups excluding carboxylic acids is 1. The normalized spacial score (nSPS) is 27.3. The third-order valence-corrected chi connectivity index (χ3v) is 4.24. The van der Waals surface area contributed by atoms with E-state index < -0.39 is 18.1 Å². The van der Waals surface area contributed by atoms with Gasteiger partial charge in [-0.25, -0.2) is 4.79 Å². The van der Waals surface area contributed by atoms with Crippen LogP contribution < -0.4 is 5.32 Å². The van der Waals surface area contributed by atoms with Crippen LogP contribution in [0.1, 0.15) is 24.3 Å². The number of aliphatic carboxylic acids is 1. The number of para-hydroxylation sites is 1. The van der Waals surface area contributed by atoms with Crippen LogP contribution in [0.15, 0.2) is 24.3 Å². The zero-order valence-corrected chi connectivity index (χ0v) is 11.5. The number of nitrogens with one attached hydrogen (secondary N) is 1. The van der Waals surface area contributed by atoms with E-state index >= 15 is 0 Å². The molecular formula is C15H18N2O4. The van der Waals surface area contributed by atoms with Crippen molar-refractivity contribution in [3.63, 3.8) is 0 Å². The molecular weight excluding hydrogens is 272 g/mol. The van der Waals surface area contributed by atoms with Gasteiger partial charge in [0.25, 0.3) is 0 Å². The third kappa shape index (κ3) is 2.58. The van der Waals surface area contributed by atoms with Gasteiger partial charge in [0.1, 0.15) is 6.04 Å². The summed E-state index contributed by atoms with van der Waals surface area (Å²) >= 11 is 0. The van der Waals surface area contributed by atoms with Crippen LogP contribution in [-0.4, -0.2) is 52.2 Å². The Bertz CT molecular complexity index is 575. The number of hydrogen-bond donors (Lipinski definition) is 3. The predicted octanol–water partition coefficient (Wildman–Crippen LogP) is 0.632. The summed E-state index contributed by atoms with van der Waals surface area (Å²) < 4.78 is 0. The molecule has 2 aliphatic rings. The third-order valence-electron chi connectivity index (χ3n) is 4.24. The summed E-state index contributed by atoms with van der Waals surface area (Å²) in [4.78, 5) is 24.9. The number of β-amino-alcohol motifs (C(OH)–C–C–N with tert-alkyl or cyclic N) is 1. The van der Waals surface area contributed by atoms with Crippen molar-refractivity contribution in [2.45, 2.75) is 30.9 Å². The molecule has 1 fully saturated rings. The van der Waals surface area contributed by atoms with Gasteiger partial charge in [0.15, 0.2) is 0 Å². The van der Waals surface area contributed by atoms with Gasteiger partial charge in [0, 0.05) is 37.5 Å². The van der Waals surface area contributed by atoms with Crippen LogP contribution >= 0.6 is 0 Å². The minimum absolute atomic E-state index is 0.0564. The van der Waals surface area contributed by atoms with Crippen LogP contribution in [0, 0.1) is 0 Å². The fourth-order valence-corrected chi connectivity index (χ4v) is 3.19. The molecule has 0 aliphatic carbocycles. The van der Waals surface area contributed by atoms with Gasteiger partial charge < -0.3 is 20.4 Å². The minimum Gasteiger partial charge on any atom is -0.480 e. The Morgan fingerprint density at radius 2 is 2.10 bits per heavy atom. The second-order valence-corrected chi connectivity index (χ2v) is 5.66. The van der Waals surface area contributed by atoms with Crippen LogP contribution in [0.2, 0.25) is 0 Å². The van der Waals surface area contributed by atoms with Gasteiger partial charge in [0.2, 0.25) is 5.91 Å². The zero-order valence-electron chi connectivity index (χ0n) is 11.5. The number of benzene rings is 1. The van der Waals surface area contributed by atoms with Crippen LogP contribution in [-0.2, 0) is 9.59 Å². The molecule has 21 heavy (non-hydrogen) atoms. The molecule has 1 aromatic rings. The number of anilines is 1. The van der Waals surface area contributed by atoms with E-state index in [2.05, 4.69) is 5.32 Å². The van der Waals surface area contributed by atoms with Crippen LogP contribution in [0.5, 0.6) is 0 Å². The molecule has 2 heterocycles. The molecule has 112 valence electrons. The maximum absolute atomic E-state index is 12.4. The number of amides is 1. The molecule has 1 aromatic carbocycles. The Hall–Kier alpha value is -2.08. The Balaban J connectivity index is 1.71. The van der Waals surface area contributed by atoms with E-state index in [0.29, 0.717) is 6.54 Å². The smallest absolute Gasteiger partial charge is 0.326 e. The van der Waals surface area contributed by atoms with Crippen LogP contribution in [0.4, 0.5) is 5.69 Å². The molecule has 3 N–H and O–H groups in total. The Kier molecular flexibility index (Phi) is 3.55. The highest BCUT2D eigenvalue weighted by Crippen LogP contribution is 2.34. The lowest BCUT2D eigenvalue weighted by atomic mass is 9.97. The number of carboxylic acid groups (broad SMARTS) is 1. The van der Waals surface area contributed by atoms with Crippen molar-refractivity contribution < 1.29 is 19.8 Å². The Labute approximate surface area is 122 Å². The summed E-state index contributed by atoms with van der Waals surface area (Å²) in [6, 6.07) is 6.92. The highest BCUT2D eigenvalue weighted by Gasteiger charge is 2.39. The molecule has 1 amide bonds. The molecule has 3 atom stereocenters. The van der Waals surface area contributed by atoms with Crippen molar-refractivity contribution in [1.82, 2.24) is 4.90 Å². The molecule has 6 nitrogen and oxygen atoms in total. The fourth-order valence-electron chi connectivity index (χ4n) is 3.19. The van der Waals surface area contributed by atoms with Crippen LogP contribution in [0.25, 0.3) is 0 Å². The number of aliphatic hydroxyl groups is 1. The number of likely N-dealkylation sites (tertiary alicyclic amines) is 1. The second-order valence-electron chi connectivity index (χ2n) is 5.66.